The molecule has 15 nitrogen and oxygen atoms in total. The Morgan fingerprint density at radius 3 is 2.52 bits per heavy atom. The van der Waals surface area contributed by atoms with Crippen LogP contribution in [0.2, 0.25) is 0 Å². The highest BCUT2D eigenvalue weighted by Crippen LogP contribution is 2.48. The quantitative estimate of drug-likeness (QED) is 0.167. The van der Waals surface area contributed by atoms with Crippen LogP contribution in [-0.2, 0) is 28.2 Å². The number of rotatable bonds is 12. The molecule has 17 heteroatoms. The number of hydrogen-bond donors (Lipinski definition) is 4. The van der Waals surface area contributed by atoms with Gasteiger partial charge in [-0.1, -0.05) is 32.0 Å². The van der Waals surface area contributed by atoms with Crippen molar-refractivity contribution >= 4 is 42.6 Å². The van der Waals surface area contributed by atoms with Crippen LogP contribution >= 0.6 is 7.75 Å². The molecule has 0 bridgehead atoms. The first kappa shape index (κ1) is 33.2. The molecule has 0 radical (unpaired) electrons. The lowest BCUT2D eigenvalue weighted by Gasteiger charge is -2.25. The van der Waals surface area contributed by atoms with Crippen LogP contribution in [0.1, 0.15) is 47.8 Å². The van der Waals surface area contributed by atoms with Gasteiger partial charge >= 0.3 is 13.7 Å². The number of carbonyl (C=O) groups is 2. The van der Waals surface area contributed by atoms with Gasteiger partial charge < -0.3 is 30.2 Å². The number of fused-ring (bicyclic) bond motifs is 1. The lowest BCUT2D eigenvalue weighted by Crippen LogP contribution is -2.41. The SMILES string of the molecule is CC(C)OC(=O)[C@H](C)N[P@@](=O)(OC[C@H]1O[C@@H](n2cnc3c(NC(=O)C(C)C)nc(N)nc32)[C@](C)(F)[C@@H]1O)Oc1ccccc1. The molecule has 1 saturated heterocycles. The number of para-hydroxylation sites is 1. The first-order valence-corrected chi connectivity index (χ1v) is 15.5. The Morgan fingerprint density at radius 1 is 1.20 bits per heavy atom. The zero-order valence-electron chi connectivity index (χ0n) is 25.1. The summed E-state index contributed by atoms with van der Waals surface area (Å²) in [4.78, 5) is 37.1. The summed E-state index contributed by atoms with van der Waals surface area (Å²) in [5.41, 5.74) is 3.59. The smallest absolute Gasteiger partial charge is 0.459 e. The van der Waals surface area contributed by atoms with E-state index in [-0.39, 0.29) is 40.5 Å². The highest BCUT2D eigenvalue weighted by molar-refractivity contribution is 7.52. The highest BCUT2D eigenvalue weighted by Gasteiger charge is 2.56. The number of benzene rings is 1. The predicted molar refractivity (Wildman–Crippen MR) is 157 cm³/mol. The molecular formula is C27H37FN7O8P. The summed E-state index contributed by atoms with van der Waals surface area (Å²) in [5.74, 6) is -1.44. The van der Waals surface area contributed by atoms with Crippen LogP contribution in [-0.4, -0.2) is 73.1 Å². The second-order valence-electron chi connectivity index (χ2n) is 11.1. The fraction of sp³-hybridized carbons (Fsp3) is 0.519. The Morgan fingerprint density at radius 2 is 1.89 bits per heavy atom. The average molecular weight is 638 g/mol. The molecule has 2 aromatic heterocycles. The first-order chi connectivity index (χ1) is 20.6. The third kappa shape index (κ3) is 7.33. The number of aliphatic hydroxyl groups is 1. The Balaban J connectivity index is 1.58. The van der Waals surface area contributed by atoms with Crippen LogP contribution in [0.5, 0.6) is 5.75 Å². The van der Waals surface area contributed by atoms with Crippen LogP contribution in [0.4, 0.5) is 16.2 Å². The van der Waals surface area contributed by atoms with E-state index in [4.69, 9.17) is 24.3 Å². The molecule has 0 unspecified atom stereocenters. The molecule has 240 valence electrons. The van der Waals surface area contributed by atoms with Crippen molar-refractivity contribution in [1.29, 1.82) is 0 Å². The Bertz CT molecular complexity index is 1540. The molecule has 44 heavy (non-hydrogen) atoms. The summed E-state index contributed by atoms with van der Waals surface area (Å²) >= 11 is 0. The van der Waals surface area contributed by atoms with Crippen molar-refractivity contribution in [3.8, 4) is 5.75 Å². The number of imidazole rings is 1. The van der Waals surface area contributed by atoms with Gasteiger partial charge in [-0.05, 0) is 39.8 Å². The van der Waals surface area contributed by atoms with Gasteiger partial charge in [0.1, 0.15) is 24.0 Å². The number of anilines is 2. The normalized spacial score (nSPS) is 23.9. The molecule has 0 saturated carbocycles. The van der Waals surface area contributed by atoms with Crippen molar-refractivity contribution in [2.45, 2.75) is 77.8 Å². The van der Waals surface area contributed by atoms with Gasteiger partial charge in [-0.15, -0.1) is 0 Å². The van der Waals surface area contributed by atoms with E-state index in [9.17, 15) is 19.3 Å². The van der Waals surface area contributed by atoms with Crippen molar-refractivity contribution in [3.63, 3.8) is 0 Å². The standard InChI is InChI=1S/C27H37FN7O8P/c1-14(2)23(37)31-21-19-22(33-26(29)32-21)35(13-30-19)25-27(6,28)20(36)18(42-25)12-40-44(39,43-17-10-8-7-9-11-17)34-16(5)24(38)41-15(3)4/h7-11,13-16,18,20,25,36H,12H2,1-6H3,(H,34,39)(H3,29,31,32,33,37)/t16-,18+,20+,25+,27+,44+/m0/s1. The molecule has 3 heterocycles. The highest BCUT2D eigenvalue weighted by atomic mass is 31.2. The number of nitrogens with one attached hydrogen (secondary N) is 2. The molecule has 1 aliphatic rings. The monoisotopic (exact) mass is 637 g/mol. The summed E-state index contributed by atoms with van der Waals surface area (Å²) in [6.07, 6.45) is -3.85. The molecule has 4 rings (SSSR count). The van der Waals surface area contributed by atoms with Crippen LogP contribution in [0.3, 0.4) is 0 Å². The van der Waals surface area contributed by atoms with E-state index in [2.05, 4.69) is 25.4 Å². The Labute approximate surface area is 253 Å². The van der Waals surface area contributed by atoms with Crippen molar-refractivity contribution < 1.29 is 42.2 Å². The molecule has 0 aliphatic carbocycles. The fourth-order valence-corrected chi connectivity index (χ4v) is 5.81. The van der Waals surface area contributed by atoms with E-state index in [0.717, 1.165) is 6.92 Å². The maximum Gasteiger partial charge on any atom is 0.459 e. The van der Waals surface area contributed by atoms with Crippen molar-refractivity contribution in [2.75, 3.05) is 17.7 Å². The minimum atomic E-state index is -4.33. The number of alkyl halides is 1. The first-order valence-electron chi connectivity index (χ1n) is 13.9. The number of esters is 1. The number of halogens is 1. The minimum absolute atomic E-state index is 0.0270. The number of hydrogen-bond acceptors (Lipinski definition) is 12. The fourth-order valence-electron chi connectivity index (χ4n) is 4.31. The maximum atomic E-state index is 16.1. The maximum absolute atomic E-state index is 16.1. The van der Waals surface area contributed by atoms with Crippen LogP contribution in [0, 0.1) is 5.92 Å². The largest absolute Gasteiger partial charge is 0.462 e. The number of carbonyl (C=O) groups excluding carboxylic acids is 2. The van der Waals surface area contributed by atoms with Crippen molar-refractivity contribution in [1.82, 2.24) is 24.6 Å². The lowest BCUT2D eigenvalue weighted by atomic mass is 9.98. The third-order valence-electron chi connectivity index (χ3n) is 6.61. The van der Waals surface area contributed by atoms with E-state index in [1.54, 1.807) is 45.9 Å². The van der Waals surface area contributed by atoms with Crippen LogP contribution < -0.4 is 20.7 Å². The number of nitrogens with zero attached hydrogens (tertiary/aromatic N) is 4. The van der Waals surface area contributed by atoms with E-state index in [0.29, 0.717) is 0 Å². The number of ether oxygens (including phenoxy) is 2. The predicted octanol–water partition coefficient (Wildman–Crippen LogP) is 3.12. The van der Waals surface area contributed by atoms with Gasteiger partial charge in [-0.3, -0.25) is 18.7 Å². The topological polar surface area (TPSA) is 202 Å². The zero-order valence-corrected chi connectivity index (χ0v) is 26.0. The zero-order chi connectivity index (χ0) is 32.4. The van der Waals surface area contributed by atoms with Crippen LogP contribution in [0.25, 0.3) is 11.2 Å². The molecule has 6 atom stereocenters. The van der Waals surface area contributed by atoms with E-state index in [1.807, 2.05) is 0 Å². The minimum Gasteiger partial charge on any atom is -0.462 e. The molecule has 3 aromatic rings. The number of aromatic nitrogens is 4. The second-order valence-corrected chi connectivity index (χ2v) is 12.7. The Kier molecular flexibility index (Phi) is 9.90. The summed E-state index contributed by atoms with van der Waals surface area (Å²) in [6.45, 7) is 8.63. The van der Waals surface area contributed by atoms with E-state index < -0.39 is 56.6 Å². The Hall–Kier alpha value is -3.69. The molecule has 1 amide bonds. The van der Waals surface area contributed by atoms with E-state index >= 15 is 4.39 Å². The molecule has 5 N–H and O–H groups in total. The third-order valence-corrected chi connectivity index (χ3v) is 8.25. The number of nitrogens with two attached hydrogens (primary N) is 1. The van der Waals surface area contributed by atoms with Crippen molar-refractivity contribution in [3.05, 3.63) is 36.7 Å². The number of nitrogen functional groups attached to an aromatic ring is 1. The molecular weight excluding hydrogens is 600 g/mol. The van der Waals surface area contributed by atoms with Gasteiger partial charge in [0, 0.05) is 5.92 Å². The van der Waals surface area contributed by atoms with Gasteiger partial charge in [0.2, 0.25) is 11.9 Å². The van der Waals surface area contributed by atoms with Gasteiger partial charge in [-0.2, -0.15) is 15.1 Å². The van der Waals surface area contributed by atoms with Gasteiger partial charge in [0.15, 0.2) is 28.9 Å². The summed E-state index contributed by atoms with van der Waals surface area (Å²) in [7, 11) is -4.33. The molecule has 1 fully saturated rings. The molecule has 1 aromatic carbocycles. The summed E-state index contributed by atoms with van der Waals surface area (Å²) < 4.78 is 53.4. The van der Waals surface area contributed by atoms with E-state index in [1.165, 1.54) is 30.0 Å². The summed E-state index contributed by atoms with van der Waals surface area (Å²) in [6, 6.07) is 6.95. The molecule has 0 spiro atoms. The lowest BCUT2D eigenvalue weighted by molar-refractivity contribution is -0.149. The second kappa shape index (κ2) is 13.1. The van der Waals surface area contributed by atoms with Gasteiger partial charge in [-0.25, -0.2) is 13.9 Å². The summed E-state index contributed by atoms with van der Waals surface area (Å²) in [5, 5.41) is 16.1. The van der Waals surface area contributed by atoms with Crippen molar-refractivity contribution in [2.24, 2.45) is 5.92 Å². The van der Waals surface area contributed by atoms with Crippen LogP contribution in [0.15, 0.2) is 36.7 Å². The molecule has 1 aliphatic heterocycles. The number of aliphatic hydroxyl groups excluding tert-OH is 1. The van der Waals surface area contributed by atoms with Gasteiger partial charge in [0.05, 0.1) is 19.0 Å². The van der Waals surface area contributed by atoms with Gasteiger partial charge in [0.25, 0.3) is 0 Å². The number of amides is 1. The average Bonchev–Trinajstić information content (AvgIpc) is 3.45.